The second-order valence-corrected chi connectivity index (χ2v) is 19.2. The highest BCUT2D eigenvalue weighted by Crippen LogP contribution is 2.35. The molecule has 2 N–H and O–H groups in total. The third-order valence-electron chi connectivity index (χ3n) is 15.2. The molecule has 10 rings (SSSR count). The number of benzene rings is 2. The molecule has 69 heavy (non-hydrogen) atoms. The van der Waals surface area contributed by atoms with Gasteiger partial charge in [0, 0.05) is 145 Å². The van der Waals surface area contributed by atoms with Gasteiger partial charge >= 0.3 is 5.69 Å². The smallest absolute Gasteiger partial charge is 0.329 e. The molecule has 2 aromatic carbocycles. The zero-order valence-electron chi connectivity index (χ0n) is 40.0. The first-order valence-electron chi connectivity index (χ1n) is 24.2. The van der Waals surface area contributed by atoms with Crippen molar-refractivity contribution in [2.75, 3.05) is 76.2 Å². The van der Waals surface area contributed by atoms with Crippen molar-refractivity contribution in [3.8, 4) is 5.69 Å². The molecule has 17 heteroatoms. The second kappa shape index (κ2) is 18.6. The Morgan fingerprint density at radius 2 is 1.67 bits per heavy atom. The van der Waals surface area contributed by atoms with Gasteiger partial charge in [-0.1, -0.05) is 6.08 Å². The number of nitrogens with one attached hydrogen (secondary N) is 2. The maximum Gasteiger partial charge on any atom is 0.329 e. The monoisotopic (exact) mass is 937 g/mol. The molecule has 0 radical (unpaired) electrons. The summed E-state index contributed by atoms with van der Waals surface area (Å²) in [5.74, 6) is -0.776. The SMILES string of the molecule is CNc1ccn(-c2ccnc3c2cc([C@H](C)N2CC=C(c4c(C)cc(C(=O)N5CCC(CN6CCN(c7ccc8c(c7)n(C)c(=O)n8[C@H]7CCC(=O)NC7=O)CC6)CC5)cc4F)CC2)n3C)c(=O)c1. The number of hydrogen-bond acceptors (Lipinski definition) is 10. The van der Waals surface area contributed by atoms with E-state index in [2.05, 4.69) is 54.0 Å². The number of aromatic nitrogens is 5. The van der Waals surface area contributed by atoms with Gasteiger partial charge in [0.25, 0.3) is 11.5 Å². The molecule has 0 unspecified atom stereocenters. The highest BCUT2D eigenvalue weighted by molar-refractivity contribution is 6.00. The summed E-state index contributed by atoms with van der Waals surface area (Å²) in [5.41, 5.74) is 8.13. The number of aryl methyl sites for hydroxylation is 3. The molecular formula is C52H60FN11O5. The molecule has 0 saturated carbocycles. The van der Waals surface area contributed by atoms with Crippen LogP contribution in [0.15, 0.2) is 82.7 Å². The van der Waals surface area contributed by atoms with Crippen LogP contribution in [0.1, 0.15) is 78.3 Å². The van der Waals surface area contributed by atoms with Gasteiger partial charge in [0.05, 0.1) is 16.7 Å². The molecule has 2 atom stereocenters. The van der Waals surface area contributed by atoms with E-state index in [4.69, 9.17) is 0 Å². The van der Waals surface area contributed by atoms with Gasteiger partial charge in [-0.2, -0.15) is 0 Å². The van der Waals surface area contributed by atoms with Crippen molar-refractivity contribution in [1.82, 2.24) is 43.3 Å². The Bertz CT molecular complexity index is 3140. The number of piperidine rings is 2. The van der Waals surface area contributed by atoms with Crippen LogP contribution in [0, 0.1) is 18.7 Å². The van der Waals surface area contributed by atoms with E-state index in [1.807, 2.05) is 55.3 Å². The van der Waals surface area contributed by atoms with Crippen molar-refractivity contribution in [2.45, 2.75) is 58.0 Å². The lowest BCUT2D eigenvalue weighted by molar-refractivity contribution is -0.135. The van der Waals surface area contributed by atoms with E-state index in [0.29, 0.717) is 55.0 Å². The first-order chi connectivity index (χ1) is 33.3. The number of amides is 3. The third-order valence-corrected chi connectivity index (χ3v) is 15.2. The summed E-state index contributed by atoms with van der Waals surface area (Å²) >= 11 is 0. The summed E-state index contributed by atoms with van der Waals surface area (Å²) in [4.78, 5) is 78.2. The number of imidazole rings is 1. The summed E-state index contributed by atoms with van der Waals surface area (Å²) in [6.07, 6.45) is 8.58. The minimum atomic E-state index is -0.714. The van der Waals surface area contributed by atoms with Crippen molar-refractivity contribution in [3.05, 3.63) is 122 Å². The van der Waals surface area contributed by atoms with E-state index in [-0.39, 0.29) is 41.3 Å². The number of carbonyl (C=O) groups excluding carboxylic acids is 3. The Kier molecular flexibility index (Phi) is 12.4. The fraction of sp³-hybridized carbons (Fsp3) is 0.423. The molecule has 0 bridgehead atoms. The highest BCUT2D eigenvalue weighted by Gasteiger charge is 2.33. The Labute approximate surface area is 399 Å². The predicted molar refractivity (Wildman–Crippen MR) is 265 cm³/mol. The standard InChI is InChI=1S/C52H60FN11O5/c1-32-26-36(27-40(53)48(32)35-13-19-60(20-14-35)33(2)44-30-39-41(10-16-55-49(39)57(44)4)63-21-15-37(54-3)28-47(63)66)51(68)62-17-11-34(12-18-62)31-59-22-24-61(25-23-59)38-6-7-42-45(29-38)58(5)52(69)64(42)43-8-9-46(65)56-50(43)67/h6-7,10,13,15-16,21,26-30,33-34,43,54H,8-9,11-12,14,17-20,22-25,31H2,1-5H3,(H,56,65,67)/t33-,43-/m0/s1. The van der Waals surface area contributed by atoms with E-state index in [1.165, 1.54) is 10.6 Å². The summed E-state index contributed by atoms with van der Waals surface area (Å²) in [5, 5.41) is 6.28. The first kappa shape index (κ1) is 45.9. The number of piperazine rings is 1. The van der Waals surface area contributed by atoms with E-state index in [9.17, 15) is 24.0 Å². The van der Waals surface area contributed by atoms with Crippen LogP contribution in [0.3, 0.4) is 0 Å². The quantitative estimate of drug-likeness (QED) is 0.172. The number of imide groups is 1. The lowest BCUT2D eigenvalue weighted by Gasteiger charge is -2.39. The zero-order valence-corrected chi connectivity index (χ0v) is 40.0. The molecular weight excluding hydrogens is 878 g/mol. The molecule has 360 valence electrons. The van der Waals surface area contributed by atoms with E-state index < -0.39 is 11.9 Å². The minimum absolute atomic E-state index is 0.0291. The Morgan fingerprint density at radius 1 is 0.884 bits per heavy atom. The van der Waals surface area contributed by atoms with Crippen LogP contribution in [0.25, 0.3) is 33.3 Å². The van der Waals surface area contributed by atoms with Crippen LogP contribution >= 0.6 is 0 Å². The average molecular weight is 938 g/mol. The maximum atomic E-state index is 16.1. The Balaban J connectivity index is 0.726. The van der Waals surface area contributed by atoms with Crippen LogP contribution < -0.4 is 26.8 Å². The van der Waals surface area contributed by atoms with Gasteiger partial charge in [0.1, 0.15) is 17.5 Å². The largest absolute Gasteiger partial charge is 0.388 e. The summed E-state index contributed by atoms with van der Waals surface area (Å²) in [6, 6.07) is 16.0. The van der Waals surface area contributed by atoms with Gasteiger partial charge in [-0.3, -0.25) is 48.0 Å². The molecule has 0 spiro atoms. The topological polar surface area (TPSA) is 155 Å². The van der Waals surface area contributed by atoms with E-state index >= 15 is 4.39 Å². The third kappa shape index (κ3) is 8.55. The average Bonchev–Trinajstić information content (AvgIpc) is 3.82. The molecule has 6 aromatic rings. The van der Waals surface area contributed by atoms with Gasteiger partial charge in [-0.15, -0.1) is 0 Å². The van der Waals surface area contributed by atoms with E-state index in [1.54, 1.807) is 41.7 Å². The highest BCUT2D eigenvalue weighted by atomic mass is 19.1. The van der Waals surface area contributed by atoms with Gasteiger partial charge in [0.15, 0.2) is 0 Å². The summed E-state index contributed by atoms with van der Waals surface area (Å²) in [7, 11) is 5.51. The van der Waals surface area contributed by atoms with Crippen molar-refractivity contribution in [1.29, 1.82) is 0 Å². The number of rotatable bonds is 10. The van der Waals surface area contributed by atoms with Gasteiger partial charge in [-0.05, 0) is 105 Å². The number of likely N-dealkylation sites (tertiary alicyclic amines) is 1. The number of anilines is 2. The summed E-state index contributed by atoms with van der Waals surface area (Å²) < 4.78 is 22.9. The fourth-order valence-electron chi connectivity index (χ4n) is 11.2. The molecule has 4 aliphatic rings. The molecule has 3 saturated heterocycles. The van der Waals surface area contributed by atoms with Gasteiger partial charge in [0.2, 0.25) is 11.8 Å². The van der Waals surface area contributed by atoms with Gasteiger partial charge in [-0.25, -0.2) is 14.2 Å². The van der Waals surface area contributed by atoms with Crippen LogP contribution in [0.2, 0.25) is 0 Å². The Morgan fingerprint density at radius 3 is 2.36 bits per heavy atom. The van der Waals surface area contributed by atoms with Crippen molar-refractivity contribution in [2.24, 2.45) is 20.0 Å². The van der Waals surface area contributed by atoms with Crippen LogP contribution in [0.4, 0.5) is 15.8 Å². The molecule has 8 heterocycles. The lowest BCUT2D eigenvalue weighted by Crippen LogP contribution is -2.49. The van der Waals surface area contributed by atoms with E-state index in [0.717, 1.165) is 103 Å². The van der Waals surface area contributed by atoms with Crippen molar-refractivity contribution in [3.63, 3.8) is 0 Å². The van der Waals surface area contributed by atoms with Crippen molar-refractivity contribution >= 4 is 56.7 Å². The van der Waals surface area contributed by atoms with Crippen LogP contribution in [0.5, 0.6) is 0 Å². The first-order valence-corrected chi connectivity index (χ1v) is 24.2. The molecule has 4 aliphatic heterocycles. The number of carbonyl (C=O) groups is 3. The van der Waals surface area contributed by atoms with Gasteiger partial charge < -0.3 is 19.7 Å². The molecule has 3 amide bonds. The normalized spacial score (nSPS) is 19.3. The van der Waals surface area contributed by atoms with Crippen molar-refractivity contribution < 1.29 is 18.8 Å². The minimum Gasteiger partial charge on any atom is -0.388 e. The predicted octanol–water partition coefficient (Wildman–Crippen LogP) is 5.37. The molecule has 3 fully saturated rings. The van der Waals surface area contributed by atoms with Crippen LogP contribution in [-0.4, -0.2) is 122 Å². The number of hydrogen-bond donors (Lipinski definition) is 2. The Hall–Kier alpha value is -6.85. The lowest BCUT2D eigenvalue weighted by atomic mass is 9.92. The van der Waals surface area contributed by atoms with Crippen LogP contribution in [-0.2, 0) is 23.7 Å². The number of fused-ring (bicyclic) bond motifs is 2. The molecule has 0 aliphatic carbocycles. The molecule has 4 aromatic heterocycles. The maximum absolute atomic E-state index is 16.1. The number of nitrogens with zero attached hydrogens (tertiary/aromatic N) is 9. The summed E-state index contributed by atoms with van der Waals surface area (Å²) in [6.45, 7) is 11.1. The number of halogens is 1. The fourth-order valence-corrected chi connectivity index (χ4v) is 11.2. The molecule has 16 nitrogen and oxygen atoms in total. The second-order valence-electron chi connectivity index (χ2n) is 19.2. The zero-order chi connectivity index (χ0) is 48.2. The number of pyridine rings is 2.